The molecule has 1 heterocycles. The second kappa shape index (κ2) is 9.53. The maximum Gasteiger partial charge on any atom is 0.340 e. The van der Waals surface area contributed by atoms with Gasteiger partial charge in [0, 0.05) is 28.4 Å². The minimum atomic E-state index is -0.418. The number of carbonyl (C=O) groups excluding carboxylic acids is 1. The lowest BCUT2D eigenvalue weighted by molar-refractivity contribution is 0.0279. The summed E-state index contributed by atoms with van der Waals surface area (Å²) in [6.07, 6.45) is 6.07. The number of aryl methyl sites for hydroxylation is 1. The van der Waals surface area contributed by atoms with Crippen LogP contribution >= 0.6 is 11.8 Å². The topological polar surface area (TPSA) is 66.9 Å². The van der Waals surface area contributed by atoms with Gasteiger partial charge >= 0.3 is 5.97 Å². The Labute approximate surface area is 191 Å². The molecule has 6 nitrogen and oxygen atoms in total. The summed E-state index contributed by atoms with van der Waals surface area (Å²) in [5.74, 6) is 1.37. The van der Waals surface area contributed by atoms with Crippen LogP contribution in [0.15, 0.2) is 53.7 Å². The van der Waals surface area contributed by atoms with Crippen molar-refractivity contribution in [1.29, 1.82) is 0 Å². The van der Waals surface area contributed by atoms with E-state index in [4.69, 9.17) is 18.9 Å². The van der Waals surface area contributed by atoms with E-state index in [9.17, 15) is 4.79 Å². The SMILES string of the molecule is COc1cc2c(c(OC)c1OC)-c1ccc(SC)cc1[C@@H](OC(=O)c1cccnc1)CC2. The van der Waals surface area contributed by atoms with E-state index in [1.807, 2.05) is 12.3 Å². The molecule has 1 aromatic heterocycles. The Morgan fingerprint density at radius 2 is 1.88 bits per heavy atom. The maximum absolute atomic E-state index is 12.9. The van der Waals surface area contributed by atoms with Crippen molar-refractivity contribution in [3.05, 3.63) is 65.5 Å². The lowest BCUT2D eigenvalue weighted by Gasteiger charge is -2.21. The number of methoxy groups -OCH3 is 3. The quantitative estimate of drug-likeness (QED) is 0.370. The number of benzene rings is 2. The third-order valence-electron chi connectivity index (χ3n) is 5.61. The van der Waals surface area contributed by atoms with Crippen molar-refractivity contribution >= 4 is 17.7 Å². The molecule has 2 aromatic carbocycles. The van der Waals surface area contributed by atoms with E-state index in [1.165, 1.54) is 6.20 Å². The number of esters is 1. The zero-order valence-corrected chi connectivity index (χ0v) is 19.3. The fourth-order valence-electron chi connectivity index (χ4n) is 4.11. The number of nitrogens with zero attached hydrogens (tertiary/aromatic N) is 1. The summed E-state index contributed by atoms with van der Waals surface area (Å²) < 4.78 is 23.0. The molecule has 0 fully saturated rings. The Bertz CT molecular complexity index is 1130. The summed E-state index contributed by atoms with van der Waals surface area (Å²) in [6.45, 7) is 0. The molecule has 0 aliphatic heterocycles. The van der Waals surface area contributed by atoms with Crippen LogP contribution in [0.4, 0.5) is 0 Å². The Morgan fingerprint density at radius 3 is 2.53 bits per heavy atom. The summed E-state index contributed by atoms with van der Waals surface area (Å²) in [4.78, 5) is 18.0. The van der Waals surface area contributed by atoms with E-state index >= 15 is 0 Å². The molecule has 0 spiro atoms. The van der Waals surface area contributed by atoms with Crippen molar-refractivity contribution in [1.82, 2.24) is 4.98 Å². The highest BCUT2D eigenvalue weighted by Gasteiger charge is 2.31. The van der Waals surface area contributed by atoms with Gasteiger partial charge in [-0.2, -0.15) is 0 Å². The van der Waals surface area contributed by atoms with Crippen LogP contribution in [0.3, 0.4) is 0 Å². The van der Waals surface area contributed by atoms with Crippen molar-refractivity contribution < 1.29 is 23.7 Å². The molecule has 32 heavy (non-hydrogen) atoms. The number of carbonyl (C=O) groups is 1. The normalized spacial score (nSPS) is 14.6. The molecule has 0 amide bonds. The van der Waals surface area contributed by atoms with Crippen molar-refractivity contribution in [3.63, 3.8) is 0 Å². The van der Waals surface area contributed by atoms with Crippen LogP contribution in [-0.4, -0.2) is 38.5 Å². The highest BCUT2D eigenvalue weighted by Crippen LogP contribution is 2.51. The number of hydrogen-bond donors (Lipinski definition) is 0. The molecule has 0 N–H and O–H groups in total. The van der Waals surface area contributed by atoms with Crippen molar-refractivity contribution in [2.75, 3.05) is 27.6 Å². The van der Waals surface area contributed by atoms with Crippen LogP contribution < -0.4 is 14.2 Å². The first-order valence-corrected chi connectivity index (χ1v) is 11.4. The molecule has 1 atom stereocenters. The molecule has 0 saturated carbocycles. The second-order valence-electron chi connectivity index (χ2n) is 7.31. The number of pyridine rings is 1. The minimum absolute atomic E-state index is 0.392. The van der Waals surface area contributed by atoms with E-state index < -0.39 is 12.1 Å². The van der Waals surface area contributed by atoms with Gasteiger partial charge in [-0.05, 0) is 60.6 Å². The van der Waals surface area contributed by atoms with Crippen molar-refractivity contribution in [2.45, 2.75) is 23.8 Å². The molecule has 4 rings (SSSR count). The molecule has 0 bridgehead atoms. The summed E-state index contributed by atoms with van der Waals surface area (Å²) in [6, 6.07) is 11.6. The monoisotopic (exact) mass is 451 g/mol. The highest BCUT2D eigenvalue weighted by atomic mass is 32.2. The van der Waals surface area contributed by atoms with Crippen LogP contribution in [-0.2, 0) is 11.2 Å². The second-order valence-corrected chi connectivity index (χ2v) is 8.19. The smallest absolute Gasteiger partial charge is 0.340 e. The first-order chi connectivity index (χ1) is 15.6. The van der Waals surface area contributed by atoms with Crippen LogP contribution in [0.5, 0.6) is 17.2 Å². The first kappa shape index (κ1) is 22.0. The number of ether oxygens (including phenoxy) is 4. The Balaban J connectivity index is 1.86. The summed E-state index contributed by atoms with van der Waals surface area (Å²) >= 11 is 1.64. The standard InChI is InChI=1S/C25H25NO5S/c1-28-21-12-15-7-10-20(31-25(27)16-6-5-11-26-14-16)19-13-17(32-4)8-9-18(19)22(15)24(30-3)23(21)29-2/h5-6,8-9,11-14,20H,7,10H2,1-4H3/t20-/m0/s1. The zero-order valence-electron chi connectivity index (χ0n) is 18.5. The Morgan fingerprint density at radius 1 is 1.06 bits per heavy atom. The van der Waals surface area contributed by atoms with E-state index in [2.05, 4.69) is 23.2 Å². The van der Waals surface area contributed by atoms with Gasteiger partial charge in [-0.3, -0.25) is 4.98 Å². The Kier molecular flexibility index (Phi) is 6.55. The molecule has 1 aliphatic carbocycles. The van der Waals surface area contributed by atoms with Gasteiger partial charge in [0.1, 0.15) is 6.10 Å². The average Bonchev–Trinajstić information content (AvgIpc) is 2.99. The molecule has 7 heteroatoms. The fourth-order valence-corrected chi connectivity index (χ4v) is 4.56. The van der Waals surface area contributed by atoms with Crippen LogP contribution in [0.2, 0.25) is 0 Å². The molecule has 3 aromatic rings. The van der Waals surface area contributed by atoms with Gasteiger partial charge in [-0.25, -0.2) is 4.79 Å². The van der Waals surface area contributed by atoms with Gasteiger partial charge in [0.25, 0.3) is 0 Å². The molecular weight excluding hydrogens is 426 g/mol. The van der Waals surface area contributed by atoms with Gasteiger partial charge in [-0.15, -0.1) is 11.8 Å². The van der Waals surface area contributed by atoms with Gasteiger partial charge in [0.2, 0.25) is 5.75 Å². The maximum atomic E-state index is 12.9. The van der Waals surface area contributed by atoms with Crippen molar-refractivity contribution in [3.8, 4) is 28.4 Å². The molecule has 0 saturated heterocycles. The van der Waals surface area contributed by atoms with Crippen molar-refractivity contribution in [2.24, 2.45) is 0 Å². The third-order valence-corrected chi connectivity index (χ3v) is 6.33. The van der Waals surface area contributed by atoms with Crippen LogP contribution in [0.1, 0.15) is 34.0 Å². The lowest BCUT2D eigenvalue weighted by Crippen LogP contribution is -2.12. The van der Waals surface area contributed by atoms with Crippen LogP contribution in [0, 0.1) is 0 Å². The average molecular weight is 452 g/mol. The highest BCUT2D eigenvalue weighted by molar-refractivity contribution is 7.98. The third kappa shape index (κ3) is 4.00. The number of hydrogen-bond acceptors (Lipinski definition) is 7. The fraction of sp³-hybridized carbons (Fsp3) is 0.280. The van der Waals surface area contributed by atoms with E-state index in [0.717, 1.165) is 27.1 Å². The summed E-state index contributed by atoms with van der Waals surface area (Å²) in [5, 5.41) is 0. The van der Waals surface area contributed by atoms with E-state index in [0.29, 0.717) is 35.7 Å². The lowest BCUT2D eigenvalue weighted by atomic mass is 9.94. The van der Waals surface area contributed by atoms with Gasteiger partial charge in [-0.1, -0.05) is 6.07 Å². The first-order valence-electron chi connectivity index (χ1n) is 10.2. The van der Waals surface area contributed by atoms with Crippen LogP contribution in [0.25, 0.3) is 11.1 Å². The zero-order chi connectivity index (χ0) is 22.7. The molecule has 0 radical (unpaired) electrons. The minimum Gasteiger partial charge on any atom is -0.493 e. The van der Waals surface area contributed by atoms with Gasteiger partial charge in [0.15, 0.2) is 11.5 Å². The Hall–Kier alpha value is -3.19. The number of aromatic nitrogens is 1. The number of thioether (sulfide) groups is 1. The van der Waals surface area contributed by atoms with Gasteiger partial charge < -0.3 is 18.9 Å². The van der Waals surface area contributed by atoms with E-state index in [1.54, 1.807) is 51.4 Å². The summed E-state index contributed by atoms with van der Waals surface area (Å²) in [7, 11) is 4.83. The van der Waals surface area contributed by atoms with E-state index in [-0.39, 0.29) is 0 Å². The number of fused-ring (bicyclic) bond motifs is 3. The molecular formula is C25H25NO5S. The molecule has 0 unspecified atom stereocenters. The molecule has 166 valence electrons. The predicted molar refractivity (Wildman–Crippen MR) is 124 cm³/mol. The predicted octanol–water partition coefficient (Wildman–Crippen LogP) is 5.34. The van der Waals surface area contributed by atoms with Gasteiger partial charge in [0.05, 0.1) is 26.9 Å². The molecule has 1 aliphatic rings. The summed E-state index contributed by atoms with van der Waals surface area (Å²) in [5.41, 5.74) is 4.32. The number of rotatable bonds is 6. The largest absolute Gasteiger partial charge is 0.493 e.